The van der Waals surface area contributed by atoms with Gasteiger partial charge in [0.25, 0.3) is 5.56 Å². The second-order valence-electron chi connectivity index (χ2n) is 9.91. The fourth-order valence-corrected chi connectivity index (χ4v) is 6.76. The summed E-state index contributed by atoms with van der Waals surface area (Å²) >= 11 is 4.84. The van der Waals surface area contributed by atoms with E-state index in [2.05, 4.69) is 20.9 Å². The minimum absolute atomic E-state index is 0.280. The molecular formula is C33H27BrN4O5S. The molecule has 3 heterocycles. The number of fused-ring (bicyclic) bond motifs is 1. The predicted molar refractivity (Wildman–Crippen MR) is 172 cm³/mol. The molecule has 1 aliphatic rings. The van der Waals surface area contributed by atoms with Gasteiger partial charge in [-0.15, -0.1) is 0 Å². The molecule has 11 heteroatoms. The van der Waals surface area contributed by atoms with E-state index < -0.39 is 12.0 Å². The van der Waals surface area contributed by atoms with Gasteiger partial charge in [-0.1, -0.05) is 41.7 Å². The largest absolute Gasteiger partial charge is 0.497 e. The molecule has 3 aromatic carbocycles. The fourth-order valence-electron chi connectivity index (χ4n) is 5.18. The van der Waals surface area contributed by atoms with Gasteiger partial charge in [-0.2, -0.15) is 5.10 Å². The average Bonchev–Trinajstić information content (AvgIpc) is 3.61. The molecule has 0 spiro atoms. The number of allylic oxidation sites excluding steroid dienone is 1. The number of nitrogens with zero attached hydrogens (tertiary/aromatic N) is 4. The molecule has 9 nitrogen and oxygen atoms in total. The lowest BCUT2D eigenvalue weighted by Crippen LogP contribution is -2.39. The van der Waals surface area contributed by atoms with Gasteiger partial charge in [-0.3, -0.25) is 9.36 Å². The summed E-state index contributed by atoms with van der Waals surface area (Å²) in [6.07, 6.45) is 3.72. The smallest absolute Gasteiger partial charge is 0.338 e. The lowest BCUT2D eigenvalue weighted by Gasteiger charge is -2.24. The number of esters is 1. The third-order valence-corrected chi connectivity index (χ3v) is 8.94. The van der Waals surface area contributed by atoms with Gasteiger partial charge in [0.2, 0.25) is 0 Å². The SMILES string of the molecule is COC(=O)C1=C(C)N=c2s/c(=C\c3cn(-c4ccccc4)nc3-c3ccc(OC)c(Br)c3)c(=O)n2C1c1ccc(OC)cc1. The quantitative estimate of drug-likeness (QED) is 0.225. The Kier molecular flexibility index (Phi) is 8.07. The highest BCUT2D eigenvalue weighted by Crippen LogP contribution is 2.33. The number of halogens is 1. The number of para-hydroxylation sites is 1. The van der Waals surface area contributed by atoms with E-state index >= 15 is 0 Å². The predicted octanol–water partition coefficient (Wildman–Crippen LogP) is 5.04. The van der Waals surface area contributed by atoms with Gasteiger partial charge in [0.05, 0.1) is 53.3 Å². The van der Waals surface area contributed by atoms with Crippen molar-refractivity contribution >= 4 is 39.3 Å². The Labute approximate surface area is 265 Å². The molecular weight excluding hydrogens is 644 g/mol. The summed E-state index contributed by atoms with van der Waals surface area (Å²) in [5.41, 5.74) is 4.38. The Morgan fingerprint density at radius 2 is 1.75 bits per heavy atom. The Bertz CT molecular complexity index is 2100. The van der Waals surface area contributed by atoms with Gasteiger partial charge in [0.1, 0.15) is 17.2 Å². The molecule has 0 radical (unpaired) electrons. The summed E-state index contributed by atoms with van der Waals surface area (Å²) in [7, 11) is 4.52. The van der Waals surface area contributed by atoms with Gasteiger partial charge in [0, 0.05) is 17.3 Å². The summed E-state index contributed by atoms with van der Waals surface area (Å²) in [6.45, 7) is 1.75. The van der Waals surface area contributed by atoms with Crippen LogP contribution in [0.1, 0.15) is 24.1 Å². The number of hydrogen-bond acceptors (Lipinski definition) is 8. The van der Waals surface area contributed by atoms with Crippen molar-refractivity contribution in [3.63, 3.8) is 0 Å². The van der Waals surface area contributed by atoms with Crippen molar-refractivity contribution in [1.29, 1.82) is 0 Å². The molecule has 222 valence electrons. The number of hydrogen-bond donors (Lipinski definition) is 0. The first-order valence-corrected chi connectivity index (χ1v) is 15.2. The van der Waals surface area contributed by atoms with Crippen LogP contribution in [0.4, 0.5) is 0 Å². The van der Waals surface area contributed by atoms with Gasteiger partial charge in [-0.25, -0.2) is 14.5 Å². The van der Waals surface area contributed by atoms with Crippen molar-refractivity contribution in [3.05, 3.63) is 126 Å². The molecule has 0 amide bonds. The standard InChI is InChI=1S/C33H27BrN4O5S/c1-19-28(32(40)43-4)30(20-10-13-24(41-2)14-11-20)38-31(39)27(44-33(38)35-19)17-22-18-37(23-8-6-5-7-9-23)36-29(22)21-12-15-26(42-3)25(34)16-21/h5-18,30H,1-4H3/b27-17-. The van der Waals surface area contributed by atoms with E-state index in [1.165, 1.54) is 18.4 Å². The third kappa shape index (κ3) is 5.29. The monoisotopic (exact) mass is 670 g/mol. The van der Waals surface area contributed by atoms with Crippen LogP contribution in [0.3, 0.4) is 0 Å². The number of aromatic nitrogens is 3. The van der Waals surface area contributed by atoms with Crippen LogP contribution in [-0.4, -0.2) is 41.6 Å². The fraction of sp³-hybridized carbons (Fsp3) is 0.152. The summed E-state index contributed by atoms with van der Waals surface area (Å²) < 4.78 is 20.4. The number of ether oxygens (including phenoxy) is 3. The first kappa shape index (κ1) is 29.3. The number of carbonyl (C=O) groups is 1. The van der Waals surface area contributed by atoms with Crippen molar-refractivity contribution in [2.75, 3.05) is 21.3 Å². The van der Waals surface area contributed by atoms with E-state index in [9.17, 15) is 9.59 Å². The van der Waals surface area contributed by atoms with Gasteiger partial charge in [-0.05, 0) is 77.0 Å². The summed E-state index contributed by atoms with van der Waals surface area (Å²) in [4.78, 5) is 32.3. The first-order valence-electron chi connectivity index (χ1n) is 13.6. The maximum Gasteiger partial charge on any atom is 0.338 e. The van der Waals surface area contributed by atoms with Gasteiger partial charge >= 0.3 is 5.97 Å². The minimum atomic E-state index is -0.726. The maximum atomic E-state index is 14.2. The molecule has 5 aromatic rings. The number of benzene rings is 3. The molecule has 0 saturated heterocycles. The van der Waals surface area contributed by atoms with Crippen molar-refractivity contribution in [2.24, 2.45) is 4.99 Å². The van der Waals surface area contributed by atoms with E-state index in [-0.39, 0.29) is 5.56 Å². The molecule has 1 atom stereocenters. The van der Waals surface area contributed by atoms with Crippen molar-refractivity contribution in [1.82, 2.24) is 14.3 Å². The van der Waals surface area contributed by atoms with Crippen molar-refractivity contribution in [3.8, 4) is 28.4 Å². The molecule has 6 rings (SSSR count). The zero-order valence-corrected chi connectivity index (χ0v) is 26.7. The molecule has 1 unspecified atom stereocenters. The Balaban J connectivity index is 1.56. The van der Waals surface area contributed by atoms with Crippen LogP contribution in [-0.2, 0) is 9.53 Å². The van der Waals surface area contributed by atoms with E-state index in [0.29, 0.717) is 37.8 Å². The zero-order valence-electron chi connectivity index (χ0n) is 24.3. The summed E-state index contributed by atoms with van der Waals surface area (Å²) in [5.74, 6) is 0.814. The Morgan fingerprint density at radius 3 is 2.41 bits per heavy atom. The van der Waals surface area contributed by atoms with Crippen molar-refractivity contribution in [2.45, 2.75) is 13.0 Å². The van der Waals surface area contributed by atoms with Crippen LogP contribution in [0.5, 0.6) is 11.5 Å². The molecule has 44 heavy (non-hydrogen) atoms. The lowest BCUT2D eigenvalue weighted by molar-refractivity contribution is -0.136. The van der Waals surface area contributed by atoms with Crippen molar-refractivity contribution < 1.29 is 19.0 Å². The van der Waals surface area contributed by atoms with E-state index in [1.54, 1.807) is 42.5 Å². The molecule has 1 aliphatic heterocycles. The van der Waals surface area contributed by atoms with Gasteiger partial charge in [0.15, 0.2) is 4.80 Å². The lowest BCUT2D eigenvalue weighted by atomic mass is 9.96. The van der Waals surface area contributed by atoms with E-state index in [4.69, 9.17) is 19.3 Å². The summed E-state index contributed by atoms with van der Waals surface area (Å²) in [6, 6.07) is 22.0. The average molecular weight is 672 g/mol. The van der Waals surface area contributed by atoms with Crippen LogP contribution in [0.15, 0.2) is 105 Å². The van der Waals surface area contributed by atoms with E-state index in [1.807, 2.05) is 72.9 Å². The highest BCUT2D eigenvalue weighted by molar-refractivity contribution is 9.10. The van der Waals surface area contributed by atoms with E-state index in [0.717, 1.165) is 26.9 Å². The van der Waals surface area contributed by atoms with Crippen LogP contribution >= 0.6 is 27.3 Å². The zero-order chi connectivity index (χ0) is 31.0. The second-order valence-corrected chi connectivity index (χ2v) is 11.8. The van der Waals surface area contributed by atoms with Crippen LogP contribution in [0, 0.1) is 0 Å². The third-order valence-electron chi connectivity index (χ3n) is 7.33. The highest BCUT2D eigenvalue weighted by Gasteiger charge is 2.33. The minimum Gasteiger partial charge on any atom is -0.497 e. The second kappa shape index (κ2) is 12.1. The Morgan fingerprint density at radius 1 is 1.00 bits per heavy atom. The van der Waals surface area contributed by atoms with Gasteiger partial charge < -0.3 is 14.2 Å². The molecule has 2 aromatic heterocycles. The first-order chi connectivity index (χ1) is 21.3. The van der Waals surface area contributed by atoms with Crippen LogP contribution < -0.4 is 24.4 Å². The molecule has 0 bridgehead atoms. The molecule has 0 N–H and O–H groups in total. The highest BCUT2D eigenvalue weighted by atomic mass is 79.9. The summed E-state index contributed by atoms with van der Waals surface area (Å²) in [5, 5.41) is 4.91. The van der Waals surface area contributed by atoms with Crippen LogP contribution in [0.2, 0.25) is 0 Å². The molecule has 0 fully saturated rings. The number of carbonyl (C=O) groups excluding carboxylic acids is 1. The maximum absolute atomic E-state index is 14.2. The number of methoxy groups -OCH3 is 3. The molecule has 0 saturated carbocycles. The van der Waals surface area contributed by atoms with Crippen LogP contribution in [0.25, 0.3) is 23.0 Å². The topological polar surface area (TPSA) is 96.9 Å². The Hall–Kier alpha value is -4.74. The number of rotatable bonds is 7. The normalized spacial score (nSPS) is 14.7. The number of thiazole rings is 1. The molecule has 0 aliphatic carbocycles.